The van der Waals surface area contributed by atoms with Crippen molar-refractivity contribution in [1.82, 2.24) is 4.90 Å². The molecule has 7 heteroatoms. The van der Waals surface area contributed by atoms with Crippen LogP contribution in [0.3, 0.4) is 0 Å². The Morgan fingerprint density at radius 2 is 1.92 bits per heavy atom. The Labute approximate surface area is 152 Å². The molecule has 0 spiro atoms. The monoisotopic (exact) mass is 361 g/mol. The molecule has 2 heterocycles. The Hall–Kier alpha value is -2.70. The summed E-state index contributed by atoms with van der Waals surface area (Å²) in [6, 6.07) is 2.64. The zero-order chi connectivity index (χ0) is 19.0. The van der Waals surface area contributed by atoms with E-state index in [2.05, 4.69) is 0 Å². The number of fused-ring (bicyclic) bond motifs is 1. The Morgan fingerprint density at radius 1 is 1.27 bits per heavy atom. The summed E-state index contributed by atoms with van der Waals surface area (Å²) >= 11 is 0. The number of benzene rings is 1. The largest absolute Gasteiger partial charge is 0.496 e. The van der Waals surface area contributed by atoms with Gasteiger partial charge in [0, 0.05) is 24.1 Å². The first kappa shape index (κ1) is 18.1. The Kier molecular flexibility index (Phi) is 4.80. The molecule has 1 N–H and O–H groups in total. The van der Waals surface area contributed by atoms with E-state index in [-0.39, 0.29) is 24.1 Å². The zero-order valence-electron chi connectivity index (χ0n) is 15.4. The summed E-state index contributed by atoms with van der Waals surface area (Å²) in [5.74, 6) is 0.587. The second-order valence-electron chi connectivity index (χ2n) is 6.91. The van der Waals surface area contributed by atoms with Crippen LogP contribution in [0, 0.1) is 5.92 Å². The number of nitrogens with zero attached hydrogens (tertiary/aromatic N) is 1. The molecule has 0 saturated heterocycles. The first-order valence-corrected chi connectivity index (χ1v) is 8.54. The third kappa shape index (κ3) is 2.98. The normalized spacial score (nSPS) is 17.0. The molecule has 1 aromatic carbocycles. The van der Waals surface area contributed by atoms with E-state index in [1.165, 1.54) is 12.0 Å². The van der Waals surface area contributed by atoms with Crippen LogP contribution in [0.25, 0.3) is 0 Å². The maximum atomic E-state index is 12.8. The number of carbonyl (C=O) groups excluding carboxylic acids is 1. The van der Waals surface area contributed by atoms with Gasteiger partial charge >= 0.3 is 5.97 Å². The van der Waals surface area contributed by atoms with Gasteiger partial charge in [-0.3, -0.25) is 4.79 Å². The number of carboxylic acid groups (broad SMARTS) is 1. The van der Waals surface area contributed by atoms with Crippen molar-refractivity contribution in [3.63, 3.8) is 0 Å². The lowest BCUT2D eigenvalue weighted by Crippen LogP contribution is -2.44. The summed E-state index contributed by atoms with van der Waals surface area (Å²) in [5.41, 5.74) is 1.57. The van der Waals surface area contributed by atoms with Crippen LogP contribution >= 0.6 is 0 Å². The molecule has 3 rings (SSSR count). The number of aliphatic carboxylic acids is 1. The molecule has 2 aliphatic rings. The topological polar surface area (TPSA) is 85.3 Å². The van der Waals surface area contributed by atoms with Crippen LogP contribution in [-0.4, -0.2) is 48.7 Å². The van der Waals surface area contributed by atoms with Gasteiger partial charge in [-0.2, -0.15) is 0 Å². The molecule has 0 aliphatic carbocycles. The summed E-state index contributed by atoms with van der Waals surface area (Å²) in [5, 5.41) is 9.58. The molecule has 0 radical (unpaired) electrons. The SMILES string of the molecule is COc1ccc(OC)c2c1CC1=C(O2)C(=O)N([C@@H](CC(C)C)C(=O)O)C1. The quantitative estimate of drug-likeness (QED) is 0.836. The number of hydrogen-bond acceptors (Lipinski definition) is 5. The molecular weight excluding hydrogens is 338 g/mol. The van der Waals surface area contributed by atoms with Crippen LogP contribution in [0.2, 0.25) is 0 Å². The van der Waals surface area contributed by atoms with Crippen molar-refractivity contribution >= 4 is 11.9 Å². The van der Waals surface area contributed by atoms with Crippen LogP contribution in [0.4, 0.5) is 0 Å². The fraction of sp³-hybridized carbons (Fsp3) is 0.474. The van der Waals surface area contributed by atoms with Crippen molar-refractivity contribution in [1.29, 1.82) is 0 Å². The molecule has 140 valence electrons. The molecule has 26 heavy (non-hydrogen) atoms. The molecule has 0 unspecified atom stereocenters. The highest BCUT2D eigenvalue weighted by Crippen LogP contribution is 2.45. The molecule has 7 nitrogen and oxygen atoms in total. The van der Waals surface area contributed by atoms with E-state index in [9.17, 15) is 14.7 Å². The standard InChI is InChI=1S/C19H23NO6/c1-10(2)7-13(19(22)23)20-9-11-8-12-14(24-3)5-6-15(25-4)17(12)26-16(11)18(20)21/h5-6,10,13H,7-9H2,1-4H3,(H,22,23)/t13-/m0/s1. The van der Waals surface area contributed by atoms with Gasteiger partial charge in [0.2, 0.25) is 0 Å². The summed E-state index contributed by atoms with van der Waals surface area (Å²) in [4.78, 5) is 25.9. The smallest absolute Gasteiger partial charge is 0.326 e. The van der Waals surface area contributed by atoms with E-state index >= 15 is 0 Å². The summed E-state index contributed by atoms with van der Waals surface area (Å²) < 4.78 is 16.6. The first-order chi connectivity index (χ1) is 12.4. The summed E-state index contributed by atoms with van der Waals surface area (Å²) in [7, 11) is 3.10. The fourth-order valence-corrected chi connectivity index (χ4v) is 3.48. The lowest BCUT2D eigenvalue weighted by atomic mass is 9.99. The van der Waals surface area contributed by atoms with Crippen LogP contribution in [-0.2, 0) is 16.0 Å². The molecule has 0 saturated carbocycles. The Bertz CT molecular complexity index is 782. The number of hydrogen-bond donors (Lipinski definition) is 1. The number of ether oxygens (including phenoxy) is 3. The second-order valence-corrected chi connectivity index (χ2v) is 6.91. The van der Waals surface area contributed by atoms with Gasteiger partial charge in [0.05, 0.1) is 14.2 Å². The fourth-order valence-electron chi connectivity index (χ4n) is 3.48. The van der Waals surface area contributed by atoms with Gasteiger partial charge < -0.3 is 24.2 Å². The van der Waals surface area contributed by atoms with Gasteiger partial charge in [0.15, 0.2) is 17.3 Å². The highest BCUT2D eigenvalue weighted by atomic mass is 16.5. The first-order valence-electron chi connectivity index (χ1n) is 8.54. The maximum Gasteiger partial charge on any atom is 0.326 e. The molecule has 1 atom stereocenters. The maximum absolute atomic E-state index is 12.8. The van der Waals surface area contributed by atoms with Gasteiger partial charge in [-0.05, 0) is 24.5 Å². The third-order valence-corrected chi connectivity index (χ3v) is 4.71. The Balaban J connectivity index is 1.93. The second kappa shape index (κ2) is 6.90. The molecule has 1 amide bonds. The minimum atomic E-state index is -1.00. The number of carbonyl (C=O) groups is 2. The number of rotatable bonds is 6. The average Bonchev–Trinajstić information content (AvgIpc) is 2.92. The predicted octanol–water partition coefficient (Wildman–Crippen LogP) is 2.23. The van der Waals surface area contributed by atoms with E-state index in [1.807, 2.05) is 13.8 Å². The van der Waals surface area contributed by atoms with Crippen molar-refractivity contribution in [3.05, 3.63) is 29.0 Å². The Morgan fingerprint density at radius 3 is 2.50 bits per heavy atom. The van der Waals surface area contributed by atoms with E-state index in [4.69, 9.17) is 14.2 Å². The van der Waals surface area contributed by atoms with Crippen LogP contribution in [0.1, 0.15) is 25.8 Å². The highest BCUT2D eigenvalue weighted by Gasteiger charge is 2.42. The van der Waals surface area contributed by atoms with Crippen LogP contribution in [0.5, 0.6) is 17.2 Å². The van der Waals surface area contributed by atoms with Crippen molar-refractivity contribution in [2.45, 2.75) is 32.7 Å². The van der Waals surface area contributed by atoms with E-state index in [0.717, 1.165) is 11.1 Å². The van der Waals surface area contributed by atoms with Gasteiger partial charge in [-0.25, -0.2) is 4.79 Å². The molecule has 0 aromatic heterocycles. The molecule has 2 aliphatic heterocycles. The van der Waals surface area contributed by atoms with Gasteiger partial charge in [0.25, 0.3) is 5.91 Å². The average molecular weight is 361 g/mol. The van der Waals surface area contributed by atoms with Crippen molar-refractivity contribution in [3.8, 4) is 17.2 Å². The van der Waals surface area contributed by atoms with E-state index in [0.29, 0.717) is 30.1 Å². The highest BCUT2D eigenvalue weighted by molar-refractivity contribution is 5.98. The molecule has 1 aromatic rings. The molecule has 0 bridgehead atoms. The van der Waals surface area contributed by atoms with Gasteiger partial charge in [0.1, 0.15) is 11.8 Å². The van der Waals surface area contributed by atoms with Gasteiger partial charge in [-0.1, -0.05) is 13.8 Å². The summed E-state index contributed by atoms with van der Waals surface area (Å²) in [6.07, 6.45) is 0.850. The molecule has 0 fully saturated rings. The number of carboxylic acids is 1. The lowest BCUT2D eigenvalue weighted by molar-refractivity contribution is -0.149. The summed E-state index contributed by atoms with van der Waals surface area (Å²) in [6.45, 7) is 4.12. The van der Waals surface area contributed by atoms with Crippen molar-refractivity contribution < 1.29 is 28.9 Å². The minimum absolute atomic E-state index is 0.153. The predicted molar refractivity (Wildman–Crippen MR) is 93.5 cm³/mol. The van der Waals surface area contributed by atoms with Crippen LogP contribution in [0.15, 0.2) is 23.5 Å². The van der Waals surface area contributed by atoms with Crippen molar-refractivity contribution in [2.24, 2.45) is 5.92 Å². The van der Waals surface area contributed by atoms with Gasteiger partial charge in [-0.15, -0.1) is 0 Å². The van der Waals surface area contributed by atoms with Crippen molar-refractivity contribution in [2.75, 3.05) is 20.8 Å². The minimum Gasteiger partial charge on any atom is -0.496 e. The lowest BCUT2D eigenvalue weighted by Gasteiger charge is -2.25. The number of amides is 1. The third-order valence-electron chi connectivity index (χ3n) is 4.71. The zero-order valence-corrected chi connectivity index (χ0v) is 15.4. The molecular formula is C19H23NO6. The van der Waals surface area contributed by atoms with E-state index in [1.54, 1.807) is 19.2 Å². The number of methoxy groups -OCH3 is 2. The van der Waals surface area contributed by atoms with E-state index < -0.39 is 12.0 Å². The van der Waals surface area contributed by atoms with Crippen LogP contribution < -0.4 is 14.2 Å².